The van der Waals surface area contributed by atoms with Gasteiger partial charge in [0.05, 0.1) is 5.69 Å². The predicted octanol–water partition coefficient (Wildman–Crippen LogP) is 1.60. The van der Waals surface area contributed by atoms with Crippen molar-refractivity contribution >= 4 is 6.29 Å². The number of aryl methyl sites for hydroxylation is 1. The monoisotopic (exact) mass is 201 g/mol. The largest absolute Gasteiger partial charge is 0.329 e. The minimum atomic E-state index is 0.596. The molecule has 2 heterocycles. The van der Waals surface area contributed by atoms with Gasteiger partial charge in [-0.1, -0.05) is 0 Å². The maximum absolute atomic E-state index is 11.0. The molecule has 2 aromatic rings. The molecule has 0 saturated carbocycles. The van der Waals surface area contributed by atoms with E-state index in [0.29, 0.717) is 11.4 Å². The van der Waals surface area contributed by atoms with E-state index < -0.39 is 0 Å². The number of carbonyl (C=O) groups is 1. The van der Waals surface area contributed by atoms with E-state index in [4.69, 9.17) is 0 Å². The van der Waals surface area contributed by atoms with Crippen molar-refractivity contribution in [2.24, 2.45) is 7.05 Å². The number of nitrogens with zero attached hydrogens (tertiary/aromatic N) is 3. The summed E-state index contributed by atoms with van der Waals surface area (Å²) in [6, 6.07) is 3.68. The topological polar surface area (TPSA) is 47.8 Å². The molecule has 0 unspecified atom stereocenters. The quantitative estimate of drug-likeness (QED) is 0.693. The summed E-state index contributed by atoms with van der Waals surface area (Å²) >= 11 is 0. The molecule has 0 aromatic carbocycles. The minimum absolute atomic E-state index is 0.596. The van der Waals surface area contributed by atoms with Gasteiger partial charge in [0.1, 0.15) is 11.5 Å². The molecule has 15 heavy (non-hydrogen) atoms. The van der Waals surface area contributed by atoms with Crippen LogP contribution in [0.1, 0.15) is 16.3 Å². The van der Waals surface area contributed by atoms with Gasteiger partial charge in [0, 0.05) is 25.0 Å². The second-order valence-corrected chi connectivity index (χ2v) is 3.31. The highest BCUT2D eigenvalue weighted by molar-refractivity contribution is 5.83. The van der Waals surface area contributed by atoms with Crippen LogP contribution in [-0.2, 0) is 7.05 Å². The van der Waals surface area contributed by atoms with Crippen LogP contribution in [0.4, 0.5) is 0 Å². The molecule has 0 radical (unpaired) electrons. The fraction of sp³-hybridized carbons (Fsp3) is 0.182. The van der Waals surface area contributed by atoms with Gasteiger partial charge in [0.25, 0.3) is 0 Å². The van der Waals surface area contributed by atoms with Gasteiger partial charge in [0.15, 0.2) is 6.29 Å². The zero-order valence-electron chi connectivity index (χ0n) is 8.64. The number of rotatable bonds is 2. The second kappa shape index (κ2) is 3.65. The van der Waals surface area contributed by atoms with Gasteiger partial charge in [-0.2, -0.15) is 0 Å². The number of pyridine rings is 1. The Morgan fingerprint density at radius 1 is 1.33 bits per heavy atom. The summed E-state index contributed by atoms with van der Waals surface area (Å²) in [5, 5.41) is 0. The zero-order valence-corrected chi connectivity index (χ0v) is 8.64. The molecule has 0 fully saturated rings. The van der Waals surface area contributed by atoms with Crippen LogP contribution in [0.2, 0.25) is 0 Å². The molecular formula is C11H11N3O. The van der Waals surface area contributed by atoms with E-state index in [2.05, 4.69) is 9.97 Å². The summed E-state index contributed by atoms with van der Waals surface area (Å²) in [6.07, 6.45) is 4.21. The molecule has 0 N–H and O–H groups in total. The van der Waals surface area contributed by atoms with Gasteiger partial charge in [0.2, 0.25) is 0 Å². The first-order valence-electron chi connectivity index (χ1n) is 4.63. The van der Waals surface area contributed by atoms with Gasteiger partial charge >= 0.3 is 0 Å². The van der Waals surface area contributed by atoms with E-state index in [0.717, 1.165) is 17.7 Å². The highest BCUT2D eigenvalue weighted by Gasteiger charge is 2.12. The molecule has 2 rings (SSSR count). The van der Waals surface area contributed by atoms with Crippen LogP contribution in [0.25, 0.3) is 11.3 Å². The molecule has 2 aromatic heterocycles. The standard InChI is InChI=1S/C11H11N3O/c1-8-13-11(10(7-15)14(8)2)9-3-5-12-6-4-9/h3-7H,1-2H3. The number of hydrogen-bond donors (Lipinski definition) is 0. The van der Waals surface area contributed by atoms with Crippen molar-refractivity contribution in [3.8, 4) is 11.3 Å². The van der Waals surface area contributed by atoms with E-state index in [1.807, 2.05) is 26.1 Å². The molecule has 0 amide bonds. The van der Waals surface area contributed by atoms with Gasteiger partial charge in [-0.25, -0.2) is 4.98 Å². The molecule has 0 aliphatic carbocycles. The third-order valence-electron chi connectivity index (χ3n) is 2.43. The summed E-state index contributed by atoms with van der Waals surface area (Å²) in [5.41, 5.74) is 2.22. The second-order valence-electron chi connectivity index (χ2n) is 3.31. The average molecular weight is 201 g/mol. The fourth-order valence-electron chi connectivity index (χ4n) is 1.48. The number of imidazole rings is 1. The molecule has 0 atom stereocenters. The van der Waals surface area contributed by atoms with Gasteiger partial charge < -0.3 is 4.57 Å². The Morgan fingerprint density at radius 2 is 2.00 bits per heavy atom. The lowest BCUT2D eigenvalue weighted by Crippen LogP contribution is -1.97. The van der Waals surface area contributed by atoms with Crippen LogP contribution in [0.5, 0.6) is 0 Å². The normalized spacial score (nSPS) is 10.3. The first-order chi connectivity index (χ1) is 7.24. The molecule has 0 aliphatic rings. The molecular weight excluding hydrogens is 190 g/mol. The molecule has 0 saturated heterocycles. The Kier molecular flexibility index (Phi) is 2.33. The van der Waals surface area contributed by atoms with Crippen LogP contribution in [0, 0.1) is 6.92 Å². The molecule has 4 nitrogen and oxygen atoms in total. The Labute approximate surface area is 87.6 Å². The first-order valence-corrected chi connectivity index (χ1v) is 4.63. The van der Waals surface area contributed by atoms with Crippen molar-refractivity contribution in [3.05, 3.63) is 36.0 Å². The zero-order chi connectivity index (χ0) is 10.8. The smallest absolute Gasteiger partial charge is 0.168 e. The van der Waals surface area contributed by atoms with Crippen LogP contribution >= 0.6 is 0 Å². The van der Waals surface area contributed by atoms with Crippen molar-refractivity contribution in [2.75, 3.05) is 0 Å². The van der Waals surface area contributed by atoms with Crippen molar-refractivity contribution in [1.82, 2.24) is 14.5 Å². The summed E-state index contributed by atoms with van der Waals surface area (Å²) in [5.74, 6) is 0.823. The molecule has 0 aliphatic heterocycles. The van der Waals surface area contributed by atoms with Crippen molar-refractivity contribution in [1.29, 1.82) is 0 Å². The number of aldehydes is 1. The molecule has 76 valence electrons. The SMILES string of the molecule is Cc1nc(-c2ccncc2)c(C=O)n1C. The molecule has 0 bridgehead atoms. The van der Waals surface area contributed by atoms with Crippen LogP contribution < -0.4 is 0 Å². The predicted molar refractivity (Wildman–Crippen MR) is 56.6 cm³/mol. The van der Waals surface area contributed by atoms with E-state index in [9.17, 15) is 4.79 Å². The lowest BCUT2D eigenvalue weighted by atomic mass is 10.2. The van der Waals surface area contributed by atoms with E-state index in [-0.39, 0.29) is 0 Å². The Hall–Kier alpha value is -1.97. The summed E-state index contributed by atoms with van der Waals surface area (Å²) in [6.45, 7) is 1.87. The average Bonchev–Trinajstić information content (AvgIpc) is 2.56. The number of carbonyl (C=O) groups excluding carboxylic acids is 1. The van der Waals surface area contributed by atoms with Crippen molar-refractivity contribution in [3.63, 3.8) is 0 Å². The van der Waals surface area contributed by atoms with Gasteiger partial charge in [-0.15, -0.1) is 0 Å². The van der Waals surface area contributed by atoms with Crippen molar-refractivity contribution in [2.45, 2.75) is 6.92 Å². The highest BCUT2D eigenvalue weighted by atomic mass is 16.1. The lowest BCUT2D eigenvalue weighted by molar-refractivity contribution is 0.111. The van der Waals surface area contributed by atoms with E-state index in [1.54, 1.807) is 17.0 Å². The van der Waals surface area contributed by atoms with Crippen LogP contribution in [0.3, 0.4) is 0 Å². The Morgan fingerprint density at radius 3 is 2.60 bits per heavy atom. The van der Waals surface area contributed by atoms with Crippen LogP contribution in [0.15, 0.2) is 24.5 Å². The first kappa shape index (κ1) is 9.58. The number of aromatic nitrogens is 3. The van der Waals surface area contributed by atoms with Gasteiger partial charge in [-0.3, -0.25) is 9.78 Å². The molecule has 0 spiro atoms. The summed E-state index contributed by atoms with van der Waals surface area (Å²) in [4.78, 5) is 19.2. The van der Waals surface area contributed by atoms with E-state index in [1.165, 1.54) is 0 Å². The molecule has 4 heteroatoms. The Balaban J connectivity index is 2.63. The number of hydrogen-bond acceptors (Lipinski definition) is 3. The maximum atomic E-state index is 11.0. The third kappa shape index (κ3) is 1.54. The Bertz CT molecular complexity index is 488. The third-order valence-corrected chi connectivity index (χ3v) is 2.43. The minimum Gasteiger partial charge on any atom is -0.329 e. The summed E-state index contributed by atoms with van der Waals surface area (Å²) < 4.78 is 1.78. The summed E-state index contributed by atoms with van der Waals surface area (Å²) in [7, 11) is 1.83. The highest BCUT2D eigenvalue weighted by Crippen LogP contribution is 2.21. The van der Waals surface area contributed by atoms with Gasteiger partial charge in [-0.05, 0) is 19.1 Å². The van der Waals surface area contributed by atoms with E-state index >= 15 is 0 Å². The van der Waals surface area contributed by atoms with Crippen LogP contribution in [-0.4, -0.2) is 20.8 Å². The maximum Gasteiger partial charge on any atom is 0.168 e. The fourth-order valence-corrected chi connectivity index (χ4v) is 1.48. The van der Waals surface area contributed by atoms with Crippen molar-refractivity contribution < 1.29 is 4.79 Å². The lowest BCUT2D eigenvalue weighted by Gasteiger charge is -1.98.